The molecule has 2 aromatic carbocycles. The van der Waals surface area contributed by atoms with Crippen molar-refractivity contribution in [2.45, 2.75) is 26.7 Å². The molecular formula is C19H19NO2. The number of nitrogens with one attached hydrogen (secondary N) is 1. The highest BCUT2D eigenvalue weighted by Crippen LogP contribution is 2.32. The lowest BCUT2D eigenvalue weighted by Gasteiger charge is -2.20. The minimum atomic E-state index is -0.217. The average molecular weight is 293 g/mol. The fraction of sp³-hybridized carbons (Fsp3) is 0.211. The highest BCUT2D eigenvalue weighted by Gasteiger charge is 2.21. The van der Waals surface area contributed by atoms with E-state index in [0.29, 0.717) is 17.4 Å². The second-order valence-corrected chi connectivity index (χ2v) is 5.89. The van der Waals surface area contributed by atoms with Crippen LogP contribution in [0.15, 0.2) is 48.2 Å². The lowest BCUT2D eigenvalue weighted by atomic mass is 10.0. The molecule has 3 nitrogen and oxygen atoms in total. The van der Waals surface area contributed by atoms with Crippen molar-refractivity contribution in [3.05, 3.63) is 64.9 Å². The Kier molecular flexibility index (Phi) is 3.72. The maximum Gasteiger partial charge on any atom is 0.291 e. The van der Waals surface area contributed by atoms with Crippen molar-refractivity contribution in [1.29, 1.82) is 0 Å². The number of amides is 1. The predicted molar refractivity (Wildman–Crippen MR) is 88.9 cm³/mol. The van der Waals surface area contributed by atoms with E-state index in [0.717, 1.165) is 16.8 Å². The van der Waals surface area contributed by atoms with E-state index in [-0.39, 0.29) is 5.91 Å². The first-order valence-corrected chi connectivity index (χ1v) is 7.44. The van der Waals surface area contributed by atoms with Crippen molar-refractivity contribution < 1.29 is 9.53 Å². The number of ether oxygens (including phenoxy) is 1. The topological polar surface area (TPSA) is 38.3 Å². The SMILES string of the molecule is Cc1ccc2c(c1)NC(=O)/C(=C/c1ccc(C(C)C)cc1)O2. The van der Waals surface area contributed by atoms with E-state index >= 15 is 0 Å². The Labute approximate surface area is 130 Å². The summed E-state index contributed by atoms with van der Waals surface area (Å²) >= 11 is 0. The van der Waals surface area contributed by atoms with Crippen LogP contribution < -0.4 is 10.1 Å². The molecule has 112 valence electrons. The van der Waals surface area contributed by atoms with Gasteiger partial charge in [0.1, 0.15) is 0 Å². The van der Waals surface area contributed by atoms with Gasteiger partial charge in [-0.1, -0.05) is 44.2 Å². The van der Waals surface area contributed by atoms with Gasteiger partial charge in [-0.15, -0.1) is 0 Å². The molecule has 0 saturated heterocycles. The molecule has 1 aliphatic heterocycles. The van der Waals surface area contributed by atoms with Crippen LogP contribution in [0.4, 0.5) is 5.69 Å². The fourth-order valence-electron chi connectivity index (χ4n) is 2.40. The standard InChI is InChI=1S/C19H19NO2/c1-12(2)15-7-5-14(6-8-15)11-18-19(21)20-16-10-13(3)4-9-17(16)22-18/h4-12H,1-3H3,(H,20,21)/b18-11-. The number of carbonyl (C=O) groups is 1. The molecule has 3 rings (SSSR count). The summed E-state index contributed by atoms with van der Waals surface area (Å²) in [6.07, 6.45) is 1.77. The number of aryl methyl sites for hydroxylation is 1. The van der Waals surface area contributed by atoms with Crippen LogP contribution in [0.1, 0.15) is 36.5 Å². The number of hydrogen-bond donors (Lipinski definition) is 1. The second-order valence-electron chi connectivity index (χ2n) is 5.89. The fourth-order valence-corrected chi connectivity index (χ4v) is 2.40. The van der Waals surface area contributed by atoms with Crippen molar-refractivity contribution in [1.82, 2.24) is 0 Å². The normalized spacial score (nSPS) is 15.5. The van der Waals surface area contributed by atoms with Gasteiger partial charge in [0, 0.05) is 0 Å². The first kappa shape index (κ1) is 14.4. The molecule has 0 bridgehead atoms. The van der Waals surface area contributed by atoms with Gasteiger partial charge in [0.05, 0.1) is 5.69 Å². The van der Waals surface area contributed by atoms with Gasteiger partial charge < -0.3 is 10.1 Å². The molecule has 0 fully saturated rings. The quantitative estimate of drug-likeness (QED) is 0.828. The van der Waals surface area contributed by atoms with E-state index < -0.39 is 0 Å². The second kappa shape index (κ2) is 5.68. The van der Waals surface area contributed by atoms with Gasteiger partial charge in [0.2, 0.25) is 0 Å². The molecule has 0 saturated carbocycles. The Morgan fingerprint density at radius 1 is 1.09 bits per heavy atom. The molecule has 0 atom stereocenters. The zero-order valence-electron chi connectivity index (χ0n) is 13.0. The third-order valence-electron chi connectivity index (χ3n) is 3.73. The summed E-state index contributed by atoms with van der Waals surface area (Å²) in [5.74, 6) is 1.26. The minimum Gasteiger partial charge on any atom is -0.449 e. The van der Waals surface area contributed by atoms with Crippen LogP contribution >= 0.6 is 0 Å². The van der Waals surface area contributed by atoms with Crippen LogP contribution in [-0.4, -0.2) is 5.91 Å². The summed E-state index contributed by atoms with van der Waals surface area (Å²) in [5.41, 5.74) is 4.03. The molecule has 0 aliphatic carbocycles. The van der Waals surface area contributed by atoms with Gasteiger partial charge >= 0.3 is 0 Å². The van der Waals surface area contributed by atoms with Gasteiger partial charge in [-0.25, -0.2) is 0 Å². The van der Waals surface area contributed by atoms with Gasteiger partial charge in [0.25, 0.3) is 5.91 Å². The molecular weight excluding hydrogens is 274 g/mol. The van der Waals surface area contributed by atoms with Crippen LogP contribution in [0.25, 0.3) is 6.08 Å². The molecule has 0 unspecified atom stereocenters. The Morgan fingerprint density at radius 3 is 2.50 bits per heavy atom. The molecule has 0 aromatic heterocycles. The lowest BCUT2D eigenvalue weighted by molar-refractivity contribution is -0.115. The van der Waals surface area contributed by atoms with E-state index in [4.69, 9.17) is 4.74 Å². The molecule has 1 N–H and O–H groups in total. The number of rotatable bonds is 2. The third-order valence-corrected chi connectivity index (χ3v) is 3.73. The maximum absolute atomic E-state index is 12.1. The summed E-state index contributed by atoms with van der Waals surface area (Å²) in [5, 5.41) is 2.87. The van der Waals surface area contributed by atoms with Crippen LogP contribution in [0, 0.1) is 6.92 Å². The Morgan fingerprint density at radius 2 is 1.82 bits per heavy atom. The summed E-state index contributed by atoms with van der Waals surface area (Å²) in [7, 11) is 0. The Hall–Kier alpha value is -2.55. The number of benzene rings is 2. The highest BCUT2D eigenvalue weighted by atomic mass is 16.5. The Balaban J connectivity index is 1.88. The minimum absolute atomic E-state index is 0.217. The zero-order chi connectivity index (χ0) is 15.7. The number of anilines is 1. The van der Waals surface area contributed by atoms with Crippen molar-refractivity contribution in [3.8, 4) is 5.75 Å². The zero-order valence-corrected chi connectivity index (χ0v) is 13.0. The highest BCUT2D eigenvalue weighted by molar-refractivity contribution is 6.08. The predicted octanol–water partition coefficient (Wildman–Crippen LogP) is 4.49. The molecule has 0 spiro atoms. The van der Waals surface area contributed by atoms with E-state index in [1.165, 1.54) is 5.56 Å². The van der Waals surface area contributed by atoms with Crippen LogP contribution in [-0.2, 0) is 4.79 Å². The van der Waals surface area contributed by atoms with E-state index in [2.05, 4.69) is 31.3 Å². The molecule has 2 aromatic rings. The molecule has 1 aliphatic rings. The van der Waals surface area contributed by atoms with Crippen LogP contribution in [0.2, 0.25) is 0 Å². The van der Waals surface area contributed by atoms with Gasteiger partial charge in [-0.3, -0.25) is 4.79 Å². The largest absolute Gasteiger partial charge is 0.449 e. The maximum atomic E-state index is 12.1. The van der Waals surface area contributed by atoms with Crippen LogP contribution in [0.3, 0.4) is 0 Å². The van der Waals surface area contributed by atoms with Crippen molar-refractivity contribution in [3.63, 3.8) is 0 Å². The molecule has 0 radical (unpaired) electrons. The summed E-state index contributed by atoms with van der Waals surface area (Å²) < 4.78 is 5.73. The number of carbonyl (C=O) groups excluding carboxylic acids is 1. The van der Waals surface area contributed by atoms with Crippen molar-refractivity contribution in [2.24, 2.45) is 0 Å². The summed E-state index contributed by atoms with van der Waals surface area (Å²) in [6.45, 7) is 6.29. The molecule has 22 heavy (non-hydrogen) atoms. The average Bonchev–Trinajstić information content (AvgIpc) is 2.49. The number of hydrogen-bond acceptors (Lipinski definition) is 2. The van der Waals surface area contributed by atoms with E-state index in [9.17, 15) is 4.79 Å². The van der Waals surface area contributed by atoms with Crippen molar-refractivity contribution in [2.75, 3.05) is 5.32 Å². The van der Waals surface area contributed by atoms with Gasteiger partial charge in [0.15, 0.2) is 11.5 Å². The first-order valence-electron chi connectivity index (χ1n) is 7.44. The van der Waals surface area contributed by atoms with Gasteiger partial charge in [-0.05, 0) is 47.7 Å². The lowest BCUT2D eigenvalue weighted by Crippen LogP contribution is -2.23. The van der Waals surface area contributed by atoms with Crippen LogP contribution in [0.5, 0.6) is 5.75 Å². The summed E-state index contributed by atoms with van der Waals surface area (Å²) in [4.78, 5) is 12.1. The molecule has 1 amide bonds. The van der Waals surface area contributed by atoms with Crippen molar-refractivity contribution >= 4 is 17.7 Å². The van der Waals surface area contributed by atoms with E-state index in [1.807, 2.05) is 37.3 Å². The summed E-state index contributed by atoms with van der Waals surface area (Å²) in [6, 6.07) is 13.9. The third kappa shape index (κ3) is 2.89. The van der Waals surface area contributed by atoms with E-state index in [1.54, 1.807) is 6.08 Å². The monoisotopic (exact) mass is 293 g/mol. The first-order chi connectivity index (χ1) is 10.5. The smallest absolute Gasteiger partial charge is 0.291 e. The van der Waals surface area contributed by atoms with Gasteiger partial charge in [-0.2, -0.15) is 0 Å². The Bertz CT molecular complexity index is 743. The number of fused-ring (bicyclic) bond motifs is 1. The molecule has 1 heterocycles. The molecule has 3 heteroatoms.